The number of rotatable bonds is 5. The molecule has 1 aromatic carbocycles. The zero-order valence-corrected chi connectivity index (χ0v) is 12.4. The molecule has 0 amide bonds. The summed E-state index contributed by atoms with van der Waals surface area (Å²) in [4.78, 5) is 0. The first-order valence-corrected chi connectivity index (χ1v) is 6.91. The topological polar surface area (TPSA) is 12.0 Å². The van der Waals surface area contributed by atoms with Crippen LogP contribution in [0.15, 0.2) is 18.2 Å². The highest BCUT2D eigenvalue weighted by atomic mass is 35.5. The van der Waals surface area contributed by atoms with Crippen molar-refractivity contribution >= 4 is 23.2 Å². The van der Waals surface area contributed by atoms with Gasteiger partial charge in [0.25, 0.3) is 0 Å². The van der Waals surface area contributed by atoms with Gasteiger partial charge >= 0.3 is 0 Å². The Balaban J connectivity index is 2.99. The zero-order chi connectivity index (χ0) is 13.0. The highest BCUT2D eigenvalue weighted by Gasteiger charge is 2.23. The molecule has 1 aromatic rings. The van der Waals surface area contributed by atoms with Crippen LogP contribution in [-0.2, 0) is 0 Å². The normalized spacial score (nSPS) is 15.0. The van der Waals surface area contributed by atoms with Crippen LogP contribution in [0.2, 0.25) is 10.0 Å². The molecule has 1 nitrogen and oxygen atoms in total. The van der Waals surface area contributed by atoms with Crippen molar-refractivity contribution in [1.29, 1.82) is 0 Å². The molecule has 0 fully saturated rings. The van der Waals surface area contributed by atoms with E-state index in [-0.39, 0.29) is 0 Å². The van der Waals surface area contributed by atoms with Crippen LogP contribution in [0.1, 0.15) is 39.2 Å². The van der Waals surface area contributed by atoms with Gasteiger partial charge in [-0.1, -0.05) is 50.9 Å². The van der Waals surface area contributed by atoms with Crippen LogP contribution in [-0.4, -0.2) is 12.6 Å². The maximum atomic E-state index is 6.25. The molecule has 0 saturated carbocycles. The van der Waals surface area contributed by atoms with E-state index >= 15 is 0 Å². The number of hydrogen-bond donors (Lipinski definition) is 1. The average Bonchev–Trinajstić information content (AvgIpc) is 2.28. The third-order valence-electron chi connectivity index (χ3n) is 3.15. The smallest absolute Gasteiger partial charge is 0.0442 e. The summed E-state index contributed by atoms with van der Waals surface area (Å²) >= 11 is 12.3. The molecule has 0 bridgehead atoms. The van der Waals surface area contributed by atoms with Crippen LogP contribution in [0, 0.1) is 5.92 Å². The van der Waals surface area contributed by atoms with Crippen LogP contribution in [0.25, 0.3) is 0 Å². The molecule has 0 aromatic heterocycles. The van der Waals surface area contributed by atoms with E-state index < -0.39 is 0 Å². The lowest BCUT2D eigenvalue weighted by Gasteiger charge is -2.29. The molecule has 0 aliphatic heterocycles. The van der Waals surface area contributed by atoms with Crippen molar-refractivity contribution < 1.29 is 0 Å². The molecule has 0 aliphatic carbocycles. The fraction of sp³-hybridized carbons (Fsp3) is 0.571. The molecule has 96 valence electrons. The van der Waals surface area contributed by atoms with Crippen LogP contribution in [0.3, 0.4) is 0 Å². The van der Waals surface area contributed by atoms with Crippen molar-refractivity contribution in [3.63, 3.8) is 0 Å². The van der Waals surface area contributed by atoms with E-state index in [4.69, 9.17) is 23.2 Å². The molecule has 0 heterocycles. The standard InChI is InChI=1S/C14H21Cl2N/c1-5-17-14(9(2)3)10(4)12-8-11(15)6-7-13(12)16/h6-10,14,17H,5H2,1-4H3. The van der Waals surface area contributed by atoms with Gasteiger partial charge in [0.1, 0.15) is 0 Å². The summed E-state index contributed by atoms with van der Waals surface area (Å²) < 4.78 is 0. The van der Waals surface area contributed by atoms with Gasteiger partial charge in [-0.25, -0.2) is 0 Å². The molecule has 3 heteroatoms. The largest absolute Gasteiger partial charge is 0.313 e. The lowest BCUT2D eigenvalue weighted by molar-refractivity contribution is 0.360. The number of benzene rings is 1. The fourth-order valence-electron chi connectivity index (χ4n) is 2.28. The Hall–Kier alpha value is -0.240. The number of hydrogen-bond acceptors (Lipinski definition) is 1. The number of halogens is 2. The van der Waals surface area contributed by atoms with E-state index in [2.05, 4.69) is 33.0 Å². The number of nitrogens with one attached hydrogen (secondary N) is 1. The van der Waals surface area contributed by atoms with Gasteiger partial charge in [-0.2, -0.15) is 0 Å². The van der Waals surface area contributed by atoms with Gasteiger partial charge in [0.05, 0.1) is 0 Å². The summed E-state index contributed by atoms with van der Waals surface area (Å²) in [5.74, 6) is 0.904. The SMILES string of the molecule is CCNC(C(C)C)C(C)c1cc(Cl)ccc1Cl. The van der Waals surface area contributed by atoms with Gasteiger partial charge in [-0.05, 0) is 42.1 Å². The summed E-state index contributed by atoms with van der Waals surface area (Å²) in [6.07, 6.45) is 0. The molecule has 0 aliphatic rings. The van der Waals surface area contributed by atoms with Crippen molar-refractivity contribution in [2.75, 3.05) is 6.54 Å². The zero-order valence-electron chi connectivity index (χ0n) is 10.9. The summed E-state index contributed by atoms with van der Waals surface area (Å²) in [6.45, 7) is 9.74. The minimum Gasteiger partial charge on any atom is -0.313 e. The van der Waals surface area contributed by atoms with Crippen molar-refractivity contribution in [2.45, 2.75) is 39.7 Å². The van der Waals surface area contributed by atoms with E-state index in [1.165, 1.54) is 0 Å². The van der Waals surface area contributed by atoms with Crippen molar-refractivity contribution in [1.82, 2.24) is 5.32 Å². The van der Waals surface area contributed by atoms with Gasteiger partial charge in [-0.3, -0.25) is 0 Å². The quantitative estimate of drug-likeness (QED) is 0.818. The molecule has 17 heavy (non-hydrogen) atoms. The maximum Gasteiger partial charge on any atom is 0.0442 e. The number of likely N-dealkylation sites (N-methyl/N-ethyl adjacent to an activating group) is 1. The second kappa shape index (κ2) is 6.63. The highest BCUT2D eigenvalue weighted by molar-refractivity contribution is 6.33. The Kier molecular flexibility index (Phi) is 5.78. The van der Waals surface area contributed by atoms with Gasteiger partial charge in [0.2, 0.25) is 0 Å². The molecular formula is C14H21Cl2N. The second-order valence-corrected chi connectivity index (χ2v) is 5.63. The Bertz CT molecular complexity index is 363. The van der Waals surface area contributed by atoms with E-state index in [1.807, 2.05) is 18.2 Å². The van der Waals surface area contributed by atoms with Crippen molar-refractivity contribution in [3.8, 4) is 0 Å². The lowest BCUT2D eigenvalue weighted by atomic mass is 9.86. The third-order valence-corrected chi connectivity index (χ3v) is 3.72. The van der Waals surface area contributed by atoms with Gasteiger partial charge in [-0.15, -0.1) is 0 Å². The van der Waals surface area contributed by atoms with Gasteiger partial charge < -0.3 is 5.32 Å². The Morgan fingerprint density at radius 3 is 2.35 bits per heavy atom. The van der Waals surface area contributed by atoms with E-state index in [0.29, 0.717) is 17.9 Å². The van der Waals surface area contributed by atoms with Gasteiger partial charge in [0.15, 0.2) is 0 Å². The summed E-state index contributed by atoms with van der Waals surface area (Å²) in [7, 11) is 0. The van der Waals surface area contributed by atoms with Crippen LogP contribution < -0.4 is 5.32 Å². The first kappa shape index (κ1) is 14.8. The molecule has 0 spiro atoms. The Morgan fingerprint density at radius 1 is 1.18 bits per heavy atom. The van der Waals surface area contributed by atoms with Crippen LogP contribution in [0.5, 0.6) is 0 Å². The first-order valence-electron chi connectivity index (χ1n) is 6.15. The lowest BCUT2D eigenvalue weighted by Crippen LogP contribution is -2.38. The Morgan fingerprint density at radius 2 is 1.82 bits per heavy atom. The summed E-state index contributed by atoms with van der Waals surface area (Å²) in [5, 5.41) is 5.07. The minimum absolute atomic E-state index is 0.348. The summed E-state index contributed by atoms with van der Waals surface area (Å²) in [5.41, 5.74) is 1.12. The predicted octanol–water partition coefficient (Wildman–Crippen LogP) is 4.73. The van der Waals surface area contributed by atoms with Crippen LogP contribution in [0.4, 0.5) is 0 Å². The second-order valence-electron chi connectivity index (χ2n) is 4.78. The highest BCUT2D eigenvalue weighted by Crippen LogP contribution is 2.31. The average molecular weight is 274 g/mol. The van der Waals surface area contributed by atoms with Crippen molar-refractivity contribution in [3.05, 3.63) is 33.8 Å². The fourth-order valence-corrected chi connectivity index (χ4v) is 2.75. The summed E-state index contributed by atoms with van der Waals surface area (Å²) in [6, 6.07) is 6.09. The monoisotopic (exact) mass is 273 g/mol. The molecular weight excluding hydrogens is 253 g/mol. The van der Waals surface area contributed by atoms with Gasteiger partial charge in [0, 0.05) is 16.1 Å². The van der Waals surface area contributed by atoms with E-state index in [1.54, 1.807) is 0 Å². The predicted molar refractivity (Wildman–Crippen MR) is 77.2 cm³/mol. The van der Waals surface area contributed by atoms with Crippen molar-refractivity contribution in [2.24, 2.45) is 5.92 Å². The maximum absolute atomic E-state index is 6.25. The first-order chi connectivity index (χ1) is 7.97. The third kappa shape index (κ3) is 3.87. The minimum atomic E-state index is 0.348. The Labute approximate surface area is 115 Å². The molecule has 1 rings (SSSR count). The molecule has 0 saturated heterocycles. The molecule has 2 atom stereocenters. The molecule has 1 N–H and O–H groups in total. The molecule has 2 unspecified atom stereocenters. The van der Waals surface area contributed by atoms with Crippen LogP contribution >= 0.6 is 23.2 Å². The van der Waals surface area contributed by atoms with E-state index in [9.17, 15) is 0 Å². The van der Waals surface area contributed by atoms with E-state index in [0.717, 1.165) is 22.2 Å². The molecule has 0 radical (unpaired) electrons.